The van der Waals surface area contributed by atoms with Crippen LogP contribution in [0.1, 0.15) is 27.6 Å². The number of hydrogen-bond acceptors (Lipinski definition) is 7. The SMILES string of the molecule is CCOc1ccc(S(=O)(=O)NCC(=O)ON2C(=O)c3ccccc3C2=O)cc1. The Morgan fingerprint density at radius 3 is 2.11 bits per heavy atom. The van der Waals surface area contributed by atoms with Crippen molar-refractivity contribution in [2.24, 2.45) is 0 Å². The summed E-state index contributed by atoms with van der Waals surface area (Å²) in [5.41, 5.74) is 0.213. The van der Waals surface area contributed by atoms with Crippen LogP contribution in [0.5, 0.6) is 5.75 Å². The molecule has 1 N–H and O–H groups in total. The Hall–Kier alpha value is -3.24. The van der Waals surface area contributed by atoms with Crippen molar-refractivity contribution >= 4 is 27.8 Å². The first-order chi connectivity index (χ1) is 13.3. The van der Waals surface area contributed by atoms with Gasteiger partial charge in [0, 0.05) is 0 Å². The van der Waals surface area contributed by atoms with Crippen LogP contribution in [0.4, 0.5) is 0 Å². The van der Waals surface area contributed by atoms with E-state index in [4.69, 9.17) is 9.57 Å². The van der Waals surface area contributed by atoms with E-state index in [1.54, 1.807) is 19.1 Å². The van der Waals surface area contributed by atoms with E-state index < -0.39 is 34.4 Å². The maximum atomic E-state index is 12.2. The van der Waals surface area contributed by atoms with Crippen LogP contribution >= 0.6 is 0 Å². The summed E-state index contributed by atoms with van der Waals surface area (Å²) < 4.78 is 31.8. The average molecular weight is 404 g/mol. The summed E-state index contributed by atoms with van der Waals surface area (Å²) in [6, 6.07) is 11.6. The smallest absolute Gasteiger partial charge is 0.347 e. The lowest BCUT2D eigenvalue weighted by Crippen LogP contribution is -2.38. The third-order valence-corrected chi connectivity index (χ3v) is 5.22. The van der Waals surface area contributed by atoms with E-state index in [0.717, 1.165) is 0 Å². The van der Waals surface area contributed by atoms with E-state index in [-0.39, 0.29) is 16.0 Å². The fourth-order valence-corrected chi connectivity index (χ4v) is 3.47. The predicted molar refractivity (Wildman–Crippen MR) is 95.8 cm³/mol. The first-order valence-corrected chi connectivity index (χ1v) is 9.73. The van der Waals surface area contributed by atoms with Crippen molar-refractivity contribution in [1.29, 1.82) is 0 Å². The van der Waals surface area contributed by atoms with Gasteiger partial charge in [-0.15, -0.1) is 0 Å². The maximum Gasteiger partial charge on any atom is 0.347 e. The molecule has 0 saturated heterocycles. The first-order valence-electron chi connectivity index (χ1n) is 8.24. The number of carbonyl (C=O) groups excluding carboxylic acids is 3. The van der Waals surface area contributed by atoms with Crippen LogP contribution in [0, 0.1) is 0 Å². The number of sulfonamides is 1. The maximum absolute atomic E-state index is 12.2. The van der Waals surface area contributed by atoms with E-state index in [9.17, 15) is 22.8 Å². The first kappa shape index (κ1) is 19.5. The van der Waals surface area contributed by atoms with Crippen molar-refractivity contribution in [3.63, 3.8) is 0 Å². The quantitative estimate of drug-likeness (QED) is 0.687. The lowest BCUT2D eigenvalue weighted by Gasteiger charge is -2.13. The molecule has 2 amide bonds. The topological polar surface area (TPSA) is 119 Å². The zero-order chi connectivity index (χ0) is 20.3. The number of carbonyl (C=O) groups is 3. The summed E-state index contributed by atoms with van der Waals surface area (Å²) in [5, 5.41) is 0.318. The second-order valence-electron chi connectivity index (χ2n) is 5.64. The fraction of sp³-hybridized carbons (Fsp3) is 0.167. The van der Waals surface area contributed by atoms with Gasteiger partial charge in [0.05, 0.1) is 22.6 Å². The van der Waals surface area contributed by atoms with Crippen LogP contribution in [-0.4, -0.2) is 44.4 Å². The molecule has 9 nitrogen and oxygen atoms in total. The molecule has 0 radical (unpaired) electrons. The van der Waals surface area contributed by atoms with E-state index in [2.05, 4.69) is 4.72 Å². The van der Waals surface area contributed by atoms with Gasteiger partial charge in [-0.1, -0.05) is 17.2 Å². The van der Waals surface area contributed by atoms with E-state index in [1.807, 2.05) is 0 Å². The zero-order valence-electron chi connectivity index (χ0n) is 14.7. The summed E-state index contributed by atoms with van der Waals surface area (Å²) in [7, 11) is -4.00. The third-order valence-electron chi connectivity index (χ3n) is 3.80. The van der Waals surface area contributed by atoms with Gasteiger partial charge in [0.25, 0.3) is 11.8 Å². The number of amides is 2. The summed E-state index contributed by atoms with van der Waals surface area (Å²) in [4.78, 5) is 40.9. The van der Waals surface area contributed by atoms with E-state index in [1.165, 1.54) is 36.4 Å². The Morgan fingerprint density at radius 2 is 1.57 bits per heavy atom. The molecule has 0 saturated carbocycles. The molecule has 0 fully saturated rings. The summed E-state index contributed by atoms with van der Waals surface area (Å²) >= 11 is 0. The molecule has 1 heterocycles. The Kier molecular flexibility index (Phi) is 5.43. The van der Waals surface area contributed by atoms with Gasteiger partial charge in [-0.05, 0) is 43.3 Å². The van der Waals surface area contributed by atoms with Gasteiger partial charge in [0.2, 0.25) is 10.0 Å². The molecule has 0 atom stereocenters. The monoisotopic (exact) mass is 404 g/mol. The number of rotatable bonds is 7. The van der Waals surface area contributed by atoms with Gasteiger partial charge in [-0.25, -0.2) is 13.2 Å². The lowest BCUT2D eigenvalue weighted by atomic mass is 10.1. The van der Waals surface area contributed by atoms with Crippen molar-refractivity contribution in [1.82, 2.24) is 9.79 Å². The molecule has 0 aliphatic carbocycles. The Morgan fingerprint density at radius 1 is 1.00 bits per heavy atom. The number of nitrogens with one attached hydrogen (secondary N) is 1. The van der Waals surface area contributed by atoms with Crippen molar-refractivity contribution in [3.05, 3.63) is 59.7 Å². The predicted octanol–water partition coefficient (Wildman–Crippen LogP) is 1.12. The number of benzene rings is 2. The van der Waals surface area contributed by atoms with Crippen LogP contribution in [0.3, 0.4) is 0 Å². The van der Waals surface area contributed by atoms with Crippen molar-refractivity contribution in [2.75, 3.05) is 13.2 Å². The van der Waals surface area contributed by atoms with Crippen LogP contribution < -0.4 is 9.46 Å². The molecule has 3 rings (SSSR count). The molecule has 1 aliphatic heterocycles. The molecule has 28 heavy (non-hydrogen) atoms. The van der Waals surface area contributed by atoms with Crippen LogP contribution in [0.15, 0.2) is 53.4 Å². The van der Waals surface area contributed by atoms with Crippen LogP contribution in [0.2, 0.25) is 0 Å². The van der Waals surface area contributed by atoms with Crippen molar-refractivity contribution < 1.29 is 32.4 Å². The van der Waals surface area contributed by atoms with Crippen LogP contribution in [-0.2, 0) is 19.7 Å². The number of ether oxygens (including phenoxy) is 1. The Bertz CT molecular complexity index is 997. The normalized spacial score (nSPS) is 13.4. The standard InChI is InChI=1S/C18H16N2O7S/c1-2-26-12-7-9-13(10-8-12)28(24,25)19-11-16(21)27-20-17(22)14-5-3-4-6-15(14)18(20)23/h3-10,19H,2,11H2,1H3. The molecule has 2 aromatic carbocycles. The Balaban J connectivity index is 1.61. The van der Waals surface area contributed by atoms with Gasteiger partial charge in [-0.3, -0.25) is 9.59 Å². The summed E-state index contributed by atoms with van der Waals surface area (Å²) in [5.74, 6) is -2.18. The van der Waals surface area contributed by atoms with Gasteiger partial charge >= 0.3 is 5.97 Å². The highest BCUT2D eigenvalue weighted by molar-refractivity contribution is 7.89. The van der Waals surface area contributed by atoms with Crippen molar-refractivity contribution in [3.8, 4) is 5.75 Å². The number of hydroxylamine groups is 2. The molecule has 1 aliphatic rings. The highest BCUT2D eigenvalue weighted by Gasteiger charge is 2.38. The fourth-order valence-electron chi connectivity index (χ4n) is 2.50. The summed E-state index contributed by atoms with van der Waals surface area (Å²) in [6.07, 6.45) is 0. The van der Waals surface area contributed by atoms with Crippen molar-refractivity contribution in [2.45, 2.75) is 11.8 Å². The van der Waals surface area contributed by atoms with Gasteiger partial charge in [0.15, 0.2) is 0 Å². The summed E-state index contributed by atoms with van der Waals surface area (Å²) in [6.45, 7) is 1.48. The minimum absolute atomic E-state index is 0.0792. The molecule has 10 heteroatoms. The van der Waals surface area contributed by atoms with Gasteiger partial charge in [0.1, 0.15) is 12.3 Å². The van der Waals surface area contributed by atoms with E-state index >= 15 is 0 Å². The molecular formula is C18H16N2O7S. The number of nitrogens with zero attached hydrogens (tertiary/aromatic N) is 1. The molecule has 2 aromatic rings. The molecule has 0 bridgehead atoms. The highest BCUT2D eigenvalue weighted by Crippen LogP contribution is 2.22. The minimum atomic E-state index is -4.00. The third kappa shape index (κ3) is 3.87. The molecule has 146 valence electrons. The number of imide groups is 1. The second kappa shape index (κ2) is 7.79. The minimum Gasteiger partial charge on any atom is -0.494 e. The highest BCUT2D eigenvalue weighted by atomic mass is 32.2. The zero-order valence-corrected chi connectivity index (χ0v) is 15.6. The molecule has 0 unspecified atom stereocenters. The number of fused-ring (bicyclic) bond motifs is 1. The average Bonchev–Trinajstić information content (AvgIpc) is 2.92. The molecule has 0 aromatic heterocycles. The van der Waals surface area contributed by atoms with Gasteiger partial charge < -0.3 is 9.57 Å². The van der Waals surface area contributed by atoms with Crippen LogP contribution in [0.25, 0.3) is 0 Å². The second-order valence-corrected chi connectivity index (χ2v) is 7.41. The Labute approximate surface area is 160 Å². The van der Waals surface area contributed by atoms with Gasteiger partial charge in [-0.2, -0.15) is 4.72 Å². The largest absolute Gasteiger partial charge is 0.494 e. The molecular weight excluding hydrogens is 388 g/mol. The number of hydrogen-bond donors (Lipinski definition) is 1. The van der Waals surface area contributed by atoms with E-state index in [0.29, 0.717) is 17.4 Å². The molecule has 0 spiro atoms. The lowest BCUT2D eigenvalue weighted by molar-refractivity contribution is -0.166.